The van der Waals surface area contributed by atoms with Crippen LogP contribution in [0.15, 0.2) is 30.9 Å². The second kappa shape index (κ2) is 3.83. The number of nitrogens with two attached hydrogens (primary N) is 1. The Bertz CT molecular complexity index is 591. The Morgan fingerprint density at radius 3 is 2.74 bits per heavy atom. The SMILES string of the molecule is Nc1ccc(-c2cncn2CC2(C3CC3)CC2)cn1. The first-order valence-corrected chi connectivity index (χ1v) is 6.99. The molecule has 19 heavy (non-hydrogen) atoms. The first-order chi connectivity index (χ1) is 9.27. The van der Waals surface area contributed by atoms with Gasteiger partial charge in [-0.2, -0.15) is 0 Å². The first-order valence-electron chi connectivity index (χ1n) is 6.99. The van der Waals surface area contributed by atoms with Crippen molar-refractivity contribution in [1.82, 2.24) is 14.5 Å². The van der Waals surface area contributed by atoms with Crippen LogP contribution in [-0.4, -0.2) is 14.5 Å². The van der Waals surface area contributed by atoms with E-state index >= 15 is 0 Å². The minimum absolute atomic E-state index is 0.562. The Morgan fingerprint density at radius 1 is 1.26 bits per heavy atom. The van der Waals surface area contributed by atoms with Crippen molar-refractivity contribution in [1.29, 1.82) is 0 Å². The van der Waals surface area contributed by atoms with Crippen molar-refractivity contribution >= 4 is 5.82 Å². The van der Waals surface area contributed by atoms with Crippen molar-refractivity contribution in [2.24, 2.45) is 11.3 Å². The molecule has 4 nitrogen and oxygen atoms in total. The fourth-order valence-electron chi connectivity index (χ4n) is 3.13. The van der Waals surface area contributed by atoms with Crippen LogP contribution in [0.4, 0.5) is 5.82 Å². The molecule has 0 unspecified atom stereocenters. The maximum atomic E-state index is 5.64. The van der Waals surface area contributed by atoms with Crippen LogP contribution in [-0.2, 0) is 6.54 Å². The molecule has 0 bridgehead atoms. The van der Waals surface area contributed by atoms with E-state index in [1.54, 1.807) is 0 Å². The van der Waals surface area contributed by atoms with E-state index in [2.05, 4.69) is 14.5 Å². The number of anilines is 1. The number of rotatable bonds is 4. The summed E-state index contributed by atoms with van der Waals surface area (Å²) < 4.78 is 2.29. The standard InChI is InChI=1S/C15H18N4/c16-14-4-1-11(7-18-14)13-8-17-10-19(13)9-15(5-6-15)12-2-3-12/h1,4,7-8,10,12H,2-3,5-6,9H2,(H2,16,18). The lowest BCUT2D eigenvalue weighted by molar-refractivity contribution is 0.371. The fourth-order valence-corrected chi connectivity index (χ4v) is 3.13. The van der Waals surface area contributed by atoms with Gasteiger partial charge < -0.3 is 10.3 Å². The molecule has 2 saturated carbocycles. The van der Waals surface area contributed by atoms with Gasteiger partial charge in [0, 0.05) is 18.3 Å². The summed E-state index contributed by atoms with van der Waals surface area (Å²) in [4.78, 5) is 8.49. The van der Waals surface area contributed by atoms with E-state index in [1.165, 1.54) is 25.7 Å². The molecule has 2 aromatic heterocycles. The third-order valence-electron chi connectivity index (χ3n) is 4.62. The third-order valence-corrected chi connectivity index (χ3v) is 4.62. The fraction of sp³-hybridized carbons (Fsp3) is 0.467. The average Bonchev–Trinajstić information content (AvgIpc) is 3.30. The predicted molar refractivity (Wildman–Crippen MR) is 74.3 cm³/mol. The van der Waals surface area contributed by atoms with E-state index in [-0.39, 0.29) is 0 Å². The molecule has 4 heteroatoms. The zero-order chi connectivity index (χ0) is 12.9. The van der Waals surface area contributed by atoms with E-state index in [1.807, 2.05) is 30.9 Å². The van der Waals surface area contributed by atoms with Crippen LogP contribution >= 0.6 is 0 Å². The number of aromatic nitrogens is 3. The Hall–Kier alpha value is -1.84. The number of pyridine rings is 1. The molecule has 0 spiro atoms. The molecule has 4 rings (SSSR count). The van der Waals surface area contributed by atoms with Gasteiger partial charge in [-0.1, -0.05) is 0 Å². The summed E-state index contributed by atoms with van der Waals surface area (Å²) in [5.41, 5.74) is 8.47. The van der Waals surface area contributed by atoms with E-state index in [9.17, 15) is 0 Å². The second-order valence-electron chi connectivity index (χ2n) is 6.02. The maximum absolute atomic E-state index is 5.64. The second-order valence-corrected chi connectivity index (χ2v) is 6.02. The van der Waals surface area contributed by atoms with Crippen LogP contribution in [0.25, 0.3) is 11.3 Å². The van der Waals surface area contributed by atoms with Crippen LogP contribution in [0.5, 0.6) is 0 Å². The number of hydrogen-bond acceptors (Lipinski definition) is 3. The molecule has 2 heterocycles. The van der Waals surface area contributed by atoms with Gasteiger partial charge >= 0.3 is 0 Å². The van der Waals surface area contributed by atoms with Crippen LogP contribution < -0.4 is 5.73 Å². The summed E-state index contributed by atoms with van der Waals surface area (Å²) in [6.45, 7) is 1.11. The summed E-state index contributed by atoms with van der Waals surface area (Å²) in [5, 5.41) is 0. The lowest BCUT2D eigenvalue weighted by atomic mass is 10.0. The number of nitrogens with zero attached hydrogens (tertiary/aromatic N) is 3. The molecule has 0 aromatic carbocycles. The molecule has 2 N–H and O–H groups in total. The summed E-state index contributed by atoms with van der Waals surface area (Å²) in [6.07, 6.45) is 11.3. The van der Waals surface area contributed by atoms with E-state index in [4.69, 9.17) is 5.73 Å². The third kappa shape index (κ3) is 1.91. The number of hydrogen-bond donors (Lipinski definition) is 1. The Labute approximate surface area is 112 Å². The first kappa shape index (κ1) is 11.0. The highest BCUT2D eigenvalue weighted by atomic mass is 15.1. The van der Waals surface area contributed by atoms with Crippen molar-refractivity contribution in [3.8, 4) is 11.3 Å². The van der Waals surface area contributed by atoms with Gasteiger partial charge in [-0.25, -0.2) is 9.97 Å². The largest absolute Gasteiger partial charge is 0.384 e. The minimum Gasteiger partial charge on any atom is -0.384 e. The zero-order valence-corrected chi connectivity index (χ0v) is 10.9. The monoisotopic (exact) mass is 254 g/mol. The number of imidazole rings is 1. The highest BCUT2D eigenvalue weighted by molar-refractivity contribution is 5.59. The van der Waals surface area contributed by atoms with Crippen molar-refractivity contribution in [2.75, 3.05) is 5.73 Å². The van der Waals surface area contributed by atoms with Crippen LogP contribution in [0.2, 0.25) is 0 Å². The van der Waals surface area contributed by atoms with Gasteiger partial charge in [0.2, 0.25) is 0 Å². The predicted octanol–water partition coefficient (Wildman–Crippen LogP) is 2.72. The van der Waals surface area contributed by atoms with Gasteiger partial charge in [-0.3, -0.25) is 0 Å². The molecular formula is C15H18N4. The molecule has 2 aromatic rings. The van der Waals surface area contributed by atoms with Gasteiger partial charge in [0.15, 0.2) is 0 Å². The highest BCUT2D eigenvalue weighted by Crippen LogP contribution is 2.62. The summed E-state index contributed by atoms with van der Waals surface area (Å²) in [5.74, 6) is 1.53. The maximum Gasteiger partial charge on any atom is 0.123 e. The molecule has 0 radical (unpaired) electrons. The topological polar surface area (TPSA) is 56.7 Å². The van der Waals surface area contributed by atoms with E-state index in [0.29, 0.717) is 11.2 Å². The summed E-state index contributed by atoms with van der Waals surface area (Å²) in [6, 6.07) is 3.87. The zero-order valence-electron chi connectivity index (χ0n) is 10.9. The normalized spacial score (nSPS) is 20.4. The molecule has 2 fully saturated rings. The van der Waals surface area contributed by atoms with Crippen molar-refractivity contribution < 1.29 is 0 Å². The van der Waals surface area contributed by atoms with Gasteiger partial charge in [0.05, 0.1) is 18.2 Å². The van der Waals surface area contributed by atoms with Crippen molar-refractivity contribution in [3.63, 3.8) is 0 Å². The molecule has 0 atom stereocenters. The van der Waals surface area contributed by atoms with Gasteiger partial charge in [-0.05, 0) is 49.1 Å². The van der Waals surface area contributed by atoms with Crippen molar-refractivity contribution in [3.05, 3.63) is 30.9 Å². The minimum atomic E-state index is 0.562. The Kier molecular flexibility index (Phi) is 2.22. The van der Waals surface area contributed by atoms with Crippen molar-refractivity contribution in [2.45, 2.75) is 32.2 Å². The molecule has 0 saturated heterocycles. The lowest BCUT2D eigenvalue weighted by Gasteiger charge is -2.17. The van der Waals surface area contributed by atoms with E-state index < -0.39 is 0 Å². The van der Waals surface area contributed by atoms with Gasteiger partial charge in [0.1, 0.15) is 5.82 Å². The molecule has 2 aliphatic rings. The smallest absolute Gasteiger partial charge is 0.123 e. The molecular weight excluding hydrogens is 236 g/mol. The summed E-state index contributed by atoms with van der Waals surface area (Å²) >= 11 is 0. The van der Waals surface area contributed by atoms with Crippen LogP contribution in [0.1, 0.15) is 25.7 Å². The van der Waals surface area contributed by atoms with Crippen LogP contribution in [0, 0.1) is 11.3 Å². The molecule has 0 amide bonds. The quantitative estimate of drug-likeness (QED) is 0.912. The van der Waals surface area contributed by atoms with Crippen LogP contribution in [0.3, 0.4) is 0 Å². The highest BCUT2D eigenvalue weighted by Gasteiger charge is 2.53. The Balaban J connectivity index is 1.63. The Morgan fingerprint density at radius 2 is 2.11 bits per heavy atom. The van der Waals surface area contributed by atoms with Gasteiger partial charge in [0.25, 0.3) is 0 Å². The number of nitrogen functional groups attached to an aromatic ring is 1. The molecule has 0 aliphatic heterocycles. The molecule has 98 valence electrons. The lowest BCUT2D eigenvalue weighted by Crippen LogP contribution is -2.14. The summed E-state index contributed by atoms with van der Waals surface area (Å²) in [7, 11) is 0. The molecule has 2 aliphatic carbocycles. The van der Waals surface area contributed by atoms with Gasteiger partial charge in [-0.15, -0.1) is 0 Å². The average molecular weight is 254 g/mol. The van der Waals surface area contributed by atoms with E-state index in [0.717, 1.165) is 23.7 Å².